The second-order valence-corrected chi connectivity index (χ2v) is 9.05. The highest BCUT2D eigenvalue weighted by atomic mass is 16.2. The molecule has 3 N–H and O–H groups in total. The van der Waals surface area contributed by atoms with E-state index < -0.39 is 29.8 Å². The van der Waals surface area contributed by atoms with Gasteiger partial charge in [-0.3, -0.25) is 24.4 Å². The van der Waals surface area contributed by atoms with Gasteiger partial charge in [-0.1, -0.05) is 6.07 Å². The molecule has 4 heterocycles. The first-order valence-electron chi connectivity index (χ1n) is 11.7. The van der Waals surface area contributed by atoms with Crippen molar-refractivity contribution in [1.82, 2.24) is 30.2 Å². The molecular weight excluding hydrogens is 460 g/mol. The van der Waals surface area contributed by atoms with E-state index in [4.69, 9.17) is 5.73 Å². The summed E-state index contributed by atoms with van der Waals surface area (Å²) in [6.07, 6.45) is 10.1. The Hall–Kier alpha value is -4.41. The normalized spacial score (nSPS) is 19.8. The van der Waals surface area contributed by atoms with Crippen LogP contribution in [-0.2, 0) is 16.0 Å². The van der Waals surface area contributed by atoms with Crippen molar-refractivity contribution in [2.24, 2.45) is 11.8 Å². The summed E-state index contributed by atoms with van der Waals surface area (Å²) >= 11 is 0. The lowest BCUT2D eigenvalue weighted by molar-refractivity contribution is -0.156. The number of hydrogen-bond donors (Lipinski definition) is 2. The van der Waals surface area contributed by atoms with E-state index in [1.807, 2.05) is 12.1 Å². The third-order valence-corrected chi connectivity index (χ3v) is 6.59. The number of anilines is 2. The highest BCUT2D eigenvalue weighted by molar-refractivity contribution is 6.12. The molecule has 4 amide bonds. The number of nitrogens with zero attached hydrogens (tertiary/aromatic N) is 6. The van der Waals surface area contributed by atoms with Crippen LogP contribution in [0.2, 0.25) is 0 Å². The van der Waals surface area contributed by atoms with Crippen LogP contribution in [0.25, 0.3) is 0 Å². The zero-order valence-corrected chi connectivity index (χ0v) is 19.7. The molecule has 1 aliphatic carbocycles. The summed E-state index contributed by atoms with van der Waals surface area (Å²) in [5.41, 5.74) is 7.42. The number of aromatic nitrogens is 4. The summed E-state index contributed by atoms with van der Waals surface area (Å²) in [5, 5.41) is 2.98. The second-order valence-electron chi connectivity index (χ2n) is 9.05. The van der Waals surface area contributed by atoms with Crippen molar-refractivity contribution in [2.75, 3.05) is 17.7 Å². The number of nitrogens with two attached hydrogens (primary N) is 1. The molecule has 11 heteroatoms. The van der Waals surface area contributed by atoms with E-state index in [0.29, 0.717) is 5.82 Å². The molecular formula is C25H26N8O3. The summed E-state index contributed by atoms with van der Waals surface area (Å²) in [6, 6.07) is 6.83. The van der Waals surface area contributed by atoms with Crippen LogP contribution in [0.15, 0.2) is 61.3 Å². The molecule has 2 aliphatic rings. The molecule has 2 fully saturated rings. The lowest BCUT2D eigenvalue weighted by Gasteiger charge is -2.45. The summed E-state index contributed by atoms with van der Waals surface area (Å²) in [7, 11) is 1.53. The largest absolute Gasteiger partial charge is 0.384 e. The number of urea groups is 1. The predicted molar refractivity (Wildman–Crippen MR) is 130 cm³/mol. The Labute approximate surface area is 207 Å². The summed E-state index contributed by atoms with van der Waals surface area (Å²) in [5.74, 6) is -0.860. The first-order chi connectivity index (χ1) is 17.4. The van der Waals surface area contributed by atoms with Gasteiger partial charge in [0.05, 0.1) is 12.0 Å². The minimum Gasteiger partial charge on any atom is -0.384 e. The van der Waals surface area contributed by atoms with Crippen LogP contribution in [0.4, 0.5) is 16.6 Å². The third-order valence-electron chi connectivity index (χ3n) is 6.59. The monoisotopic (exact) mass is 486 g/mol. The fraction of sp³-hybridized carbons (Fsp3) is 0.320. The average Bonchev–Trinajstić information content (AvgIpc) is 3.74. The maximum atomic E-state index is 13.6. The molecule has 36 heavy (non-hydrogen) atoms. The Morgan fingerprint density at radius 1 is 1.14 bits per heavy atom. The molecule has 0 bridgehead atoms. The van der Waals surface area contributed by atoms with Gasteiger partial charge in [-0.2, -0.15) is 0 Å². The van der Waals surface area contributed by atoms with Gasteiger partial charge in [-0.25, -0.2) is 19.7 Å². The number of pyridine rings is 2. The van der Waals surface area contributed by atoms with E-state index in [1.54, 1.807) is 36.8 Å². The van der Waals surface area contributed by atoms with Crippen LogP contribution in [0.5, 0.6) is 0 Å². The number of imide groups is 1. The number of carbonyl (C=O) groups excluding carboxylic acids is 3. The number of hydrogen-bond acceptors (Lipinski definition) is 8. The van der Waals surface area contributed by atoms with Gasteiger partial charge in [-0.15, -0.1) is 0 Å². The molecule has 0 radical (unpaired) electrons. The highest BCUT2D eigenvalue weighted by Gasteiger charge is 2.56. The molecule has 3 aromatic rings. The van der Waals surface area contributed by atoms with Crippen molar-refractivity contribution in [3.63, 3.8) is 0 Å². The number of amides is 4. The van der Waals surface area contributed by atoms with Gasteiger partial charge in [0.15, 0.2) is 0 Å². The summed E-state index contributed by atoms with van der Waals surface area (Å²) < 4.78 is 0. The molecule has 0 spiro atoms. The van der Waals surface area contributed by atoms with Crippen LogP contribution < -0.4 is 16.0 Å². The van der Waals surface area contributed by atoms with Gasteiger partial charge < -0.3 is 11.1 Å². The van der Waals surface area contributed by atoms with Crippen molar-refractivity contribution < 1.29 is 14.4 Å². The Bertz CT molecular complexity index is 1270. The fourth-order valence-electron chi connectivity index (χ4n) is 4.56. The van der Waals surface area contributed by atoms with Crippen LogP contribution >= 0.6 is 0 Å². The number of rotatable bonds is 7. The Balaban J connectivity index is 1.41. The Kier molecular flexibility index (Phi) is 6.28. The van der Waals surface area contributed by atoms with E-state index in [-0.39, 0.29) is 24.3 Å². The van der Waals surface area contributed by atoms with Crippen LogP contribution in [0.3, 0.4) is 0 Å². The van der Waals surface area contributed by atoms with Gasteiger partial charge in [0, 0.05) is 38.0 Å². The molecule has 1 aliphatic heterocycles. The number of nitrogens with one attached hydrogen (secondary N) is 1. The molecule has 1 saturated heterocycles. The first-order valence-corrected chi connectivity index (χ1v) is 11.7. The van der Waals surface area contributed by atoms with Gasteiger partial charge in [0.2, 0.25) is 11.9 Å². The van der Waals surface area contributed by atoms with Gasteiger partial charge >= 0.3 is 6.03 Å². The zero-order chi connectivity index (χ0) is 25.2. The summed E-state index contributed by atoms with van der Waals surface area (Å²) in [6.45, 7) is 0. The molecule has 0 aromatic carbocycles. The quantitative estimate of drug-likeness (QED) is 0.480. The second kappa shape index (κ2) is 9.68. The molecule has 1 saturated carbocycles. The number of β-lactam (4-membered cyclic amide) rings is 1. The minimum absolute atomic E-state index is 0.181. The minimum atomic E-state index is -1.02. The van der Waals surface area contributed by atoms with E-state index in [1.165, 1.54) is 24.3 Å². The molecule has 5 rings (SSSR count). The predicted octanol–water partition coefficient (Wildman–Crippen LogP) is 1.74. The van der Waals surface area contributed by atoms with Crippen LogP contribution in [0, 0.1) is 11.8 Å². The highest BCUT2D eigenvalue weighted by Crippen LogP contribution is 2.41. The lowest BCUT2D eigenvalue weighted by atomic mass is 9.81. The van der Waals surface area contributed by atoms with Crippen molar-refractivity contribution in [1.29, 1.82) is 0 Å². The van der Waals surface area contributed by atoms with E-state index in [2.05, 4.69) is 25.3 Å². The SMILES string of the molecule is CN(C(=O)[C@@H]1[C@@H](Cc2ccnc(N)c2)C(=O)N1C(=O)NC(c1cccnc1)C1CC1)c1ncccn1. The molecule has 11 nitrogen and oxygen atoms in total. The van der Waals surface area contributed by atoms with Crippen LogP contribution in [-0.4, -0.2) is 55.8 Å². The Morgan fingerprint density at radius 3 is 2.58 bits per heavy atom. The first kappa shape index (κ1) is 23.3. The third kappa shape index (κ3) is 4.59. The van der Waals surface area contributed by atoms with Crippen molar-refractivity contribution in [2.45, 2.75) is 31.3 Å². The zero-order valence-electron chi connectivity index (χ0n) is 19.7. The van der Waals surface area contributed by atoms with Crippen molar-refractivity contribution in [3.8, 4) is 0 Å². The van der Waals surface area contributed by atoms with Gasteiger partial charge in [0.1, 0.15) is 11.9 Å². The number of likely N-dealkylation sites (tertiary alicyclic amines) is 1. The smallest absolute Gasteiger partial charge is 0.325 e. The van der Waals surface area contributed by atoms with Crippen LogP contribution in [0.1, 0.15) is 30.0 Å². The topological polar surface area (TPSA) is 147 Å². The fourth-order valence-corrected chi connectivity index (χ4v) is 4.56. The van der Waals surface area contributed by atoms with Gasteiger partial charge in [-0.05, 0) is 60.6 Å². The summed E-state index contributed by atoms with van der Waals surface area (Å²) in [4.78, 5) is 59.0. The number of likely N-dealkylation sites (N-methyl/N-ethyl adjacent to an activating group) is 1. The molecule has 184 valence electrons. The van der Waals surface area contributed by atoms with Crippen molar-refractivity contribution in [3.05, 3.63) is 72.4 Å². The average molecular weight is 487 g/mol. The van der Waals surface area contributed by atoms with E-state index >= 15 is 0 Å². The molecule has 1 unspecified atom stereocenters. The lowest BCUT2D eigenvalue weighted by Crippen LogP contribution is -2.70. The Morgan fingerprint density at radius 2 is 1.92 bits per heavy atom. The van der Waals surface area contributed by atoms with Gasteiger partial charge in [0.25, 0.3) is 5.91 Å². The molecule has 3 atom stereocenters. The number of nitrogen functional groups attached to an aromatic ring is 1. The maximum Gasteiger partial charge on any atom is 0.325 e. The maximum absolute atomic E-state index is 13.6. The number of carbonyl (C=O) groups is 3. The van der Waals surface area contributed by atoms with E-state index in [0.717, 1.165) is 28.9 Å². The molecule has 3 aromatic heterocycles. The van der Waals surface area contributed by atoms with E-state index in [9.17, 15) is 14.4 Å². The standard InChI is InChI=1S/C25H26N8O3/c1-32(24-29-9-3-10-30-24)23(35)21-18(12-15-7-11-28-19(26)13-15)22(34)33(21)25(36)31-20(16-5-6-16)17-4-2-8-27-14-17/h2-4,7-11,13-14,16,18,20-21H,5-6,12H2,1H3,(H2,26,28)(H,31,36)/t18-,20?,21+/m1/s1. The van der Waals surface area contributed by atoms with Crippen molar-refractivity contribution >= 4 is 29.6 Å².